The zero-order valence-electron chi connectivity index (χ0n) is 15.6. The summed E-state index contributed by atoms with van der Waals surface area (Å²) in [5.41, 5.74) is 3.42. The number of halogens is 1. The maximum absolute atomic E-state index is 12.1. The van der Waals surface area contributed by atoms with E-state index in [-0.39, 0.29) is 12.5 Å². The average Bonchev–Trinajstić information content (AvgIpc) is 2.71. The Balaban J connectivity index is 1.94. The van der Waals surface area contributed by atoms with Crippen molar-refractivity contribution in [3.8, 4) is 17.2 Å². The van der Waals surface area contributed by atoms with E-state index in [4.69, 9.17) is 14.2 Å². The minimum atomic E-state index is -0.468. The van der Waals surface area contributed by atoms with Gasteiger partial charge in [0.2, 0.25) is 5.75 Å². The molecule has 0 aromatic heterocycles. The van der Waals surface area contributed by atoms with Crippen molar-refractivity contribution in [2.75, 3.05) is 27.9 Å². The van der Waals surface area contributed by atoms with E-state index < -0.39 is 5.91 Å². The van der Waals surface area contributed by atoms with Gasteiger partial charge in [-0.25, -0.2) is 5.43 Å². The normalized spacial score (nSPS) is 10.4. The number of amides is 2. The van der Waals surface area contributed by atoms with Crippen LogP contribution < -0.4 is 25.0 Å². The van der Waals surface area contributed by atoms with Gasteiger partial charge in [0.25, 0.3) is 11.8 Å². The zero-order valence-corrected chi connectivity index (χ0v) is 17.2. The van der Waals surface area contributed by atoms with Crippen LogP contribution in [0, 0.1) is 0 Å². The summed E-state index contributed by atoms with van der Waals surface area (Å²) in [5, 5.41) is 6.41. The lowest BCUT2D eigenvalue weighted by Crippen LogP contribution is -2.35. The van der Waals surface area contributed by atoms with Crippen LogP contribution in [0.15, 0.2) is 46.0 Å². The van der Waals surface area contributed by atoms with E-state index in [2.05, 4.69) is 31.8 Å². The van der Waals surface area contributed by atoms with Crippen LogP contribution >= 0.6 is 15.9 Å². The number of rotatable bonds is 8. The predicted octanol–water partition coefficient (Wildman–Crippen LogP) is 2.35. The highest BCUT2D eigenvalue weighted by Crippen LogP contribution is 2.37. The zero-order chi connectivity index (χ0) is 20.5. The third-order valence-corrected chi connectivity index (χ3v) is 4.31. The van der Waals surface area contributed by atoms with Crippen molar-refractivity contribution in [1.82, 2.24) is 10.7 Å². The van der Waals surface area contributed by atoms with Gasteiger partial charge in [-0.1, -0.05) is 12.1 Å². The van der Waals surface area contributed by atoms with E-state index in [1.165, 1.54) is 27.5 Å². The number of carbonyl (C=O) groups is 2. The molecule has 2 aromatic carbocycles. The number of carbonyl (C=O) groups excluding carboxylic acids is 2. The number of methoxy groups -OCH3 is 3. The summed E-state index contributed by atoms with van der Waals surface area (Å²) in [4.78, 5) is 23.9. The summed E-state index contributed by atoms with van der Waals surface area (Å²) < 4.78 is 16.4. The molecule has 0 unspecified atom stereocenters. The standard InChI is InChI=1S/C19H20BrN3O5/c1-26-15-8-12(9-16(27-2)18(15)28-3)10-22-23-17(24)11-21-19(25)13-6-4-5-7-14(13)20/h4-10H,11H2,1-3H3,(H,21,25)(H,23,24). The van der Waals surface area contributed by atoms with Gasteiger partial charge in [-0.3, -0.25) is 9.59 Å². The number of benzene rings is 2. The summed E-state index contributed by atoms with van der Waals surface area (Å²) in [6.45, 7) is -0.216. The second kappa shape index (κ2) is 10.3. The minimum absolute atomic E-state index is 0.216. The molecule has 0 saturated heterocycles. The highest BCUT2D eigenvalue weighted by Gasteiger charge is 2.13. The van der Waals surface area contributed by atoms with E-state index in [0.717, 1.165) is 0 Å². The monoisotopic (exact) mass is 449 g/mol. The Bertz CT molecular complexity index is 861. The summed E-state index contributed by atoms with van der Waals surface area (Å²) in [5.74, 6) is 0.562. The highest BCUT2D eigenvalue weighted by molar-refractivity contribution is 9.10. The van der Waals surface area contributed by atoms with Gasteiger partial charge in [0.05, 0.1) is 39.7 Å². The molecular weight excluding hydrogens is 430 g/mol. The van der Waals surface area contributed by atoms with E-state index in [0.29, 0.717) is 32.8 Å². The molecule has 2 aromatic rings. The molecule has 0 spiro atoms. The molecule has 0 aliphatic rings. The quantitative estimate of drug-likeness (QED) is 0.476. The molecule has 8 nitrogen and oxygen atoms in total. The third-order valence-electron chi connectivity index (χ3n) is 3.62. The Kier molecular flexibility index (Phi) is 7.82. The second-order valence-corrected chi connectivity index (χ2v) is 6.27. The maximum Gasteiger partial charge on any atom is 0.259 e. The van der Waals surface area contributed by atoms with Gasteiger partial charge >= 0.3 is 0 Å². The van der Waals surface area contributed by atoms with Crippen LogP contribution in [0.5, 0.6) is 17.2 Å². The Morgan fingerprint density at radius 2 is 1.71 bits per heavy atom. The highest BCUT2D eigenvalue weighted by atomic mass is 79.9. The number of hydrogen-bond acceptors (Lipinski definition) is 6. The fourth-order valence-electron chi connectivity index (χ4n) is 2.30. The van der Waals surface area contributed by atoms with Crippen LogP contribution in [0.4, 0.5) is 0 Å². The molecule has 9 heteroatoms. The number of nitrogens with one attached hydrogen (secondary N) is 2. The topological polar surface area (TPSA) is 98.2 Å². The van der Waals surface area contributed by atoms with Crippen molar-refractivity contribution < 1.29 is 23.8 Å². The minimum Gasteiger partial charge on any atom is -0.493 e. The molecule has 2 rings (SSSR count). The fourth-order valence-corrected chi connectivity index (χ4v) is 2.76. The number of hydrazone groups is 1. The van der Waals surface area contributed by atoms with Gasteiger partial charge in [0, 0.05) is 10.0 Å². The predicted molar refractivity (Wildman–Crippen MR) is 108 cm³/mol. The first-order valence-corrected chi connectivity index (χ1v) is 8.94. The molecule has 0 saturated carbocycles. The Labute approximate surface area is 171 Å². The molecule has 148 valence electrons. The van der Waals surface area contributed by atoms with Crippen molar-refractivity contribution in [1.29, 1.82) is 0 Å². The first-order valence-electron chi connectivity index (χ1n) is 8.14. The molecule has 2 N–H and O–H groups in total. The van der Waals surface area contributed by atoms with Gasteiger partial charge in [0.1, 0.15) is 0 Å². The fraction of sp³-hybridized carbons (Fsp3) is 0.211. The van der Waals surface area contributed by atoms with Gasteiger partial charge in [0.15, 0.2) is 11.5 Å². The number of hydrogen-bond donors (Lipinski definition) is 2. The van der Waals surface area contributed by atoms with E-state index in [1.807, 2.05) is 0 Å². The Morgan fingerprint density at radius 1 is 1.07 bits per heavy atom. The molecular formula is C19H20BrN3O5. The molecule has 0 aliphatic heterocycles. The molecule has 0 aliphatic carbocycles. The molecule has 28 heavy (non-hydrogen) atoms. The van der Waals surface area contributed by atoms with Gasteiger partial charge in [-0.15, -0.1) is 0 Å². The largest absolute Gasteiger partial charge is 0.493 e. The molecule has 0 radical (unpaired) electrons. The SMILES string of the molecule is COc1cc(C=NNC(=O)CNC(=O)c2ccccc2Br)cc(OC)c1OC. The summed E-state index contributed by atoms with van der Waals surface area (Å²) in [6.07, 6.45) is 1.43. The maximum atomic E-state index is 12.1. The first-order chi connectivity index (χ1) is 13.5. The van der Waals surface area contributed by atoms with Crippen LogP contribution in [0.1, 0.15) is 15.9 Å². The van der Waals surface area contributed by atoms with Crippen LogP contribution in [0.25, 0.3) is 0 Å². The summed E-state index contributed by atoms with van der Waals surface area (Å²) in [7, 11) is 4.53. The second-order valence-electron chi connectivity index (χ2n) is 5.41. The van der Waals surface area contributed by atoms with Crippen molar-refractivity contribution >= 4 is 34.0 Å². The lowest BCUT2D eigenvalue weighted by Gasteiger charge is -2.12. The van der Waals surface area contributed by atoms with Crippen LogP contribution in [0.2, 0.25) is 0 Å². The van der Waals surface area contributed by atoms with Gasteiger partial charge in [-0.05, 0) is 40.2 Å². The van der Waals surface area contributed by atoms with Crippen LogP contribution in [0.3, 0.4) is 0 Å². The van der Waals surface area contributed by atoms with E-state index in [1.54, 1.807) is 36.4 Å². The smallest absolute Gasteiger partial charge is 0.259 e. The Hall–Kier alpha value is -3.07. The van der Waals surface area contributed by atoms with Crippen LogP contribution in [-0.2, 0) is 4.79 Å². The molecule has 2 amide bonds. The average molecular weight is 450 g/mol. The lowest BCUT2D eigenvalue weighted by molar-refractivity contribution is -0.120. The first kappa shape index (κ1) is 21.2. The van der Waals surface area contributed by atoms with Gasteiger partial charge < -0.3 is 19.5 Å². The summed E-state index contributed by atoms with van der Waals surface area (Å²) in [6, 6.07) is 10.3. The van der Waals surface area contributed by atoms with Crippen molar-refractivity contribution in [2.45, 2.75) is 0 Å². The van der Waals surface area contributed by atoms with E-state index >= 15 is 0 Å². The third kappa shape index (κ3) is 5.46. The van der Waals surface area contributed by atoms with E-state index in [9.17, 15) is 9.59 Å². The van der Waals surface area contributed by atoms with Gasteiger partial charge in [-0.2, -0.15) is 5.10 Å². The van der Waals surface area contributed by atoms with Crippen molar-refractivity contribution in [3.63, 3.8) is 0 Å². The molecule has 0 atom stereocenters. The molecule has 0 fully saturated rings. The lowest BCUT2D eigenvalue weighted by atomic mass is 10.2. The van der Waals surface area contributed by atoms with Crippen molar-refractivity contribution in [3.05, 3.63) is 52.0 Å². The number of nitrogens with zero attached hydrogens (tertiary/aromatic N) is 1. The van der Waals surface area contributed by atoms with Crippen LogP contribution in [-0.4, -0.2) is 45.9 Å². The molecule has 0 heterocycles. The van der Waals surface area contributed by atoms with Crippen molar-refractivity contribution in [2.24, 2.45) is 5.10 Å². The molecule has 0 bridgehead atoms. The Morgan fingerprint density at radius 3 is 2.29 bits per heavy atom. The summed E-state index contributed by atoms with van der Waals surface area (Å²) >= 11 is 3.29. The number of ether oxygens (including phenoxy) is 3.